The fraction of sp³-hybridized carbons (Fsp3) is 0.379. The SMILES string of the molecule is CCCCCCc1ccc(-c2ccc(CN3CCC(P(=O)(O)O)C3)cc2-c2ccccc2)cc1. The first kappa shape index (κ1) is 24.9. The van der Waals surface area contributed by atoms with Gasteiger partial charge in [-0.2, -0.15) is 0 Å². The number of unbranched alkanes of at least 4 members (excludes halogenated alkanes) is 3. The van der Waals surface area contributed by atoms with E-state index < -0.39 is 13.3 Å². The van der Waals surface area contributed by atoms with Crippen LogP contribution >= 0.6 is 7.60 Å². The van der Waals surface area contributed by atoms with E-state index in [1.807, 2.05) is 6.07 Å². The molecule has 0 radical (unpaired) electrons. The van der Waals surface area contributed by atoms with Gasteiger partial charge in [-0.25, -0.2) is 0 Å². The summed E-state index contributed by atoms with van der Waals surface area (Å²) >= 11 is 0. The van der Waals surface area contributed by atoms with Crippen LogP contribution in [0.1, 0.15) is 50.2 Å². The van der Waals surface area contributed by atoms with E-state index in [2.05, 4.69) is 78.6 Å². The Balaban J connectivity index is 1.55. The van der Waals surface area contributed by atoms with Crippen LogP contribution in [0.3, 0.4) is 0 Å². The number of rotatable bonds is 10. The molecule has 1 saturated heterocycles. The lowest BCUT2D eigenvalue weighted by molar-refractivity contribution is 0.320. The molecule has 0 amide bonds. The smallest absolute Gasteiger partial charge is 0.324 e. The van der Waals surface area contributed by atoms with Gasteiger partial charge in [0.2, 0.25) is 0 Å². The van der Waals surface area contributed by atoms with Crippen molar-refractivity contribution in [2.75, 3.05) is 13.1 Å². The van der Waals surface area contributed by atoms with E-state index >= 15 is 0 Å². The molecular weight excluding hydrogens is 441 g/mol. The molecular formula is C29H36NO3P. The summed E-state index contributed by atoms with van der Waals surface area (Å²) in [4.78, 5) is 21.2. The Labute approximate surface area is 203 Å². The van der Waals surface area contributed by atoms with Gasteiger partial charge in [0.25, 0.3) is 0 Å². The van der Waals surface area contributed by atoms with E-state index in [4.69, 9.17) is 0 Å². The second-order valence-corrected chi connectivity index (χ2v) is 11.4. The lowest BCUT2D eigenvalue weighted by atomic mass is 9.92. The van der Waals surface area contributed by atoms with Gasteiger partial charge in [0.15, 0.2) is 0 Å². The van der Waals surface area contributed by atoms with Gasteiger partial charge < -0.3 is 9.79 Å². The van der Waals surface area contributed by atoms with Crippen LogP contribution in [0.15, 0.2) is 72.8 Å². The van der Waals surface area contributed by atoms with Gasteiger partial charge in [-0.15, -0.1) is 0 Å². The molecule has 4 rings (SSSR count). The van der Waals surface area contributed by atoms with Crippen LogP contribution in [-0.4, -0.2) is 33.4 Å². The summed E-state index contributed by atoms with van der Waals surface area (Å²) in [6.07, 6.45) is 6.80. The third-order valence-corrected chi connectivity index (χ3v) is 8.25. The molecule has 5 heteroatoms. The number of nitrogens with zero attached hydrogens (tertiary/aromatic N) is 1. The molecule has 180 valence electrons. The molecule has 3 aromatic carbocycles. The quantitative estimate of drug-likeness (QED) is 0.246. The maximum absolute atomic E-state index is 11.7. The maximum atomic E-state index is 11.7. The van der Waals surface area contributed by atoms with Gasteiger partial charge in [0, 0.05) is 13.1 Å². The summed E-state index contributed by atoms with van der Waals surface area (Å²) < 4.78 is 11.7. The number of benzene rings is 3. The number of hydrogen-bond donors (Lipinski definition) is 2. The summed E-state index contributed by atoms with van der Waals surface area (Å²) in [5.74, 6) is 0. The van der Waals surface area contributed by atoms with Crippen LogP contribution in [0.4, 0.5) is 0 Å². The summed E-state index contributed by atoms with van der Waals surface area (Å²) in [7, 11) is -4.02. The highest BCUT2D eigenvalue weighted by Crippen LogP contribution is 2.45. The zero-order valence-corrected chi connectivity index (χ0v) is 21.0. The highest BCUT2D eigenvalue weighted by molar-refractivity contribution is 7.52. The Morgan fingerprint density at radius 3 is 2.24 bits per heavy atom. The van der Waals surface area contributed by atoms with Gasteiger partial charge in [-0.3, -0.25) is 9.46 Å². The van der Waals surface area contributed by atoms with Crippen molar-refractivity contribution in [3.05, 3.63) is 83.9 Å². The van der Waals surface area contributed by atoms with Crippen molar-refractivity contribution >= 4 is 7.60 Å². The second-order valence-electron chi connectivity index (χ2n) is 9.52. The average molecular weight is 478 g/mol. The minimum Gasteiger partial charge on any atom is -0.324 e. The third-order valence-electron chi connectivity index (χ3n) is 6.88. The summed E-state index contributed by atoms with van der Waals surface area (Å²) in [5.41, 5.74) is 6.82. The standard InChI is InChI=1S/C29H36NO3P/c1-2-3-4-6-9-23-12-15-26(16-13-23)28-17-14-24(20-29(28)25-10-7-5-8-11-25)21-30-19-18-27(22-30)34(31,32)33/h5,7-8,10-17,20,27H,2-4,6,9,18-19,21-22H2,1H3,(H2,31,32,33). The number of hydrogen-bond acceptors (Lipinski definition) is 2. The van der Waals surface area contributed by atoms with Gasteiger partial charge in [0.1, 0.15) is 0 Å². The largest absolute Gasteiger partial charge is 0.329 e. The minimum atomic E-state index is -4.02. The van der Waals surface area contributed by atoms with Crippen molar-refractivity contribution in [3.8, 4) is 22.3 Å². The zero-order valence-electron chi connectivity index (χ0n) is 20.1. The number of likely N-dealkylation sites (tertiary alicyclic amines) is 1. The van der Waals surface area contributed by atoms with Crippen LogP contribution in [0.2, 0.25) is 0 Å². The van der Waals surface area contributed by atoms with Crippen molar-refractivity contribution < 1.29 is 14.4 Å². The van der Waals surface area contributed by atoms with Crippen LogP contribution in [0.25, 0.3) is 22.3 Å². The third kappa shape index (κ3) is 6.46. The van der Waals surface area contributed by atoms with E-state index in [0.717, 1.165) is 13.0 Å². The molecule has 0 saturated carbocycles. The van der Waals surface area contributed by atoms with E-state index in [9.17, 15) is 14.4 Å². The van der Waals surface area contributed by atoms with Gasteiger partial charge in [0.05, 0.1) is 5.66 Å². The molecule has 1 heterocycles. The maximum Gasteiger partial charge on any atom is 0.329 e. The average Bonchev–Trinajstić information content (AvgIpc) is 3.32. The van der Waals surface area contributed by atoms with Crippen molar-refractivity contribution in [3.63, 3.8) is 0 Å². The molecule has 1 atom stereocenters. The van der Waals surface area contributed by atoms with Gasteiger partial charge in [-0.1, -0.05) is 92.9 Å². The minimum absolute atomic E-state index is 0.451. The molecule has 0 bridgehead atoms. The lowest BCUT2D eigenvalue weighted by Gasteiger charge is -2.19. The molecule has 0 spiro atoms. The molecule has 2 N–H and O–H groups in total. The van der Waals surface area contributed by atoms with E-state index in [1.165, 1.54) is 59.1 Å². The number of aryl methyl sites for hydroxylation is 1. The monoisotopic (exact) mass is 477 g/mol. The predicted molar refractivity (Wildman–Crippen MR) is 141 cm³/mol. The molecule has 0 aromatic heterocycles. The first-order valence-corrected chi connectivity index (χ1v) is 14.2. The van der Waals surface area contributed by atoms with Crippen molar-refractivity contribution in [1.29, 1.82) is 0 Å². The zero-order chi connectivity index (χ0) is 24.0. The van der Waals surface area contributed by atoms with Gasteiger partial charge in [-0.05, 0) is 65.3 Å². The molecule has 34 heavy (non-hydrogen) atoms. The Hall–Kier alpha value is -2.23. The Bertz CT molecular complexity index is 1110. The Morgan fingerprint density at radius 1 is 0.853 bits per heavy atom. The Kier molecular flexibility index (Phi) is 8.39. The predicted octanol–water partition coefficient (Wildman–Crippen LogP) is 6.90. The van der Waals surface area contributed by atoms with Crippen molar-refractivity contribution in [2.24, 2.45) is 0 Å². The summed E-state index contributed by atoms with van der Waals surface area (Å²) in [6.45, 7) is 4.12. The molecule has 1 unspecified atom stereocenters. The van der Waals surface area contributed by atoms with Crippen LogP contribution in [0.5, 0.6) is 0 Å². The second kappa shape index (κ2) is 11.5. The highest BCUT2D eigenvalue weighted by Gasteiger charge is 2.35. The van der Waals surface area contributed by atoms with Crippen molar-refractivity contribution in [2.45, 2.75) is 57.7 Å². The van der Waals surface area contributed by atoms with Crippen LogP contribution < -0.4 is 0 Å². The summed E-state index contributed by atoms with van der Waals surface area (Å²) in [6, 6.07) is 26.0. The molecule has 1 aliphatic rings. The van der Waals surface area contributed by atoms with Crippen LogP contribution in [-0.2, 0) is 17.5 Å². The first-order chi connectivity index (χ1) is 16.4. The molecule has 3 aromatic rings. The fourth-order valence-corrected chi connectivity index (χ4v) is 5.79. The molecule has 0 aliphatic carbocycles. The van der Waals surface area contributed by atoms with E-state index in [-0.39, 0.29) is 0 Å². The first-order valence-electron chi connectivity index (χ1n) is 12.5. The van der Waals surface area contributed by atoms with Crippen molar-refractivity contribution in [1.82, 2.24) is 4.90 Å². The lowest BCUT2D eigenvalue weighted by Crippen LogP contribution is -2.21. The highest BCUT2D eigenvalue weighted by atomic mass is 31.2. The van der Waals surface area contributed by atoms with Crippen LogP contribution in [0, 0.1) is 0 Å². The van der Waals surface area contributed by atoms with Gasteiger partial charge >= 0.3 is 7.60 Å². The van der Waals surface area contributed by atoms with E-state index in [0.29, 0.717) is 19.5 Å². The molecule has 4 nitrogen and oxygen atoms in total. The fourth-order valence-electron chi connectivity index (χ4n) is 4.89. The molecule has 1 fully saturated rings. The normalized spacial score (nSPS) is 16.7. The topological polar surface area (TPSA) is 60.8 Å². The molecule has 1 aliphatic heterocycles. The summed E-state index contributed by atoms with van der Waals surface area (Å²) in [5, 5.41) is 0. The van der Waals surface area contributed by atoms with E-state index in [1.54, 1.807) is 0 Å². The Morgan fingerprint density at radius 2 is 1.56 bits per heavy atom.